The lowest BCUT2D eigenvalue weighted by Gasteiger charge is -2.23. The molecule has 3 nitrogen and oxygen atoms in total. The van der Waals surface area contributed by atoms with E-state index in [1.807, 2.05) is 12.1 Å². The van der Waals surface area contributed by atoms with Crippen LogP contribution in [0.3, 0.4) is 0 Å². The number of ether oxygens (including phenoxy) is 1. The topological polar surface area (TPSA) is 47.3 Å². The van der Waals surface area contributed by atoms with Gasteiger partial charge in [0, 0.05) is 35.3 Å². The van der Waals surface area contributed by atoms with Crippen molar-refractivity contribution in [1.82, 2.24) is 0 Å². The fourth-order valence-electron chi connectivity index (χ4n) is 2.00. The number of rotatable bonds is 4. The van der Waals surface area contributed by atoms with Crippen molar-refractivity contribution in [2.24, 2.45) is 11.7 Å². The zero-order valence-electron chi connectivity index (χ0n) is 9.16. The normalized spacial score (nSPS) is 22.0. The summed E-state index contributed by atoms with van der Waals surface area (Å²) in [6.45, 7) is 2.33. The first-order valence-corrected chi connectivity index (χ1v) is 6.39. The SMILES string of the molecule is NCC(Nc1ccc(Br)cc1)C1CCOC1. The van der Waals surface area contributed by atoms with E-state index >= 15 is 0 Å². The van der Waals surface area contributed by atoms with Gasteiger partial charge in [0.25, 0.3) is 0 Å². The van der Waals surface area contributed by atoms with E-state index in [9.17, 15) is 0 Å². The van der Waals surface area contributed by atoms with Crippen molar-refractivity contribution >= 4 is 21.6 Å². The molecule has 1 heterocycles. The molecule has 3 N–H and O–H groups in total. The maximum absolute atomic E-state index is 5.80. The molecule has 1 aromatic rings. The average molecular weight is 285 g/mol. The van der Waals surface area contributed by atoms with E-state index in [2.05, 4.69) is 33.4 Å². The number of halogens is 1. The Labute approximate surface area is 104 Å². The lowest BCUT2D eigenvalue weighted by Crippen LogP contribution is -2.36. The summed E-state index contributed by atoms with van der Waals surface area (Å²) >= 11 is 3.42. The number of benzene rings is 1. The molecule has 2 atom stereocenters. The fourth-order valence-corrected chi connectivity index (χ4v) is 2.26. The number of hydrogen-bond acceptors (Lipinski definition) is 3. The molecule has 2 rings (SSSR count). The standard InChI is InChI=1S/C12H17BrN2O/c13-10-1-3-11(4-2-10)15-12(7-14)9-5-6-16-8-9/h1-4,9,12,15H,5-8,14H2. The molecule has 4 heteroatoms. The predicted molar refractivity (Wildman–Crippen MR) is 69.5 cm³/mol. The summed E-state index contributed by atoms with van der Waals surface area (Å²) in [5.41, 5.74) is 6.92. The van der Waals surface area contributed by atoms with Crippen molar-refractivity contribution in [2.45, 2.75) is 12.5 Å². The molecule has 0 amide bonds. The highest BCUT2D eigenvalue weighted by molar-refractivity contribution is 9.10. The van der Waals surface area contributed by atoms with Crippen LogP contribution in [0.5, 0.6) is 0 Å². The second-order valence-electron chi connectivity index (χ2n) is 4.12. The van der Waals surface area contributed by atoms with E-state index in [1.54, 1.807) is 0 Å². The predicted octanol–water partition coefficient (Wildman–Crippen LogP) is 2.22. The van der Waals surface area contributed by atoms with Gasteiger partial charge in [-0.2, -0.15) is 0 Å². The molecule has 0 bridgehead atoms. The average Bonchev–Trinajstić information content (AvgIpc) is 2.82. The van der Waals surface area contributed by atoms with E-state index in [-0.39, 0.29) is 0 Å². The van der Waals surface area contributed by atoms with Crippen LogP contribution < -0.4 is 11.1 Å². The molecule has 0 aromatic heterocycles. The van der Waals surface area contributed by atoms with E-state index in [1.165, 1.54) is 0 Å². The van der Waals surface area contributed by atoms with Crippen LogP contribution >= 0.6 is 15.9 Å². The van der Waals surface area contributed by atoms with Gasteiger partial charge in [-0.25, -0.2) is 0 Å². The highest BCUT2D eigenvalue weighted by Gasteiger charge is 2.24. The molecular weight excluding hydrogens is 268 g/mol. The first kappa shape index (κ1) is 11.9. The highest BCUT2D eigenvalue weighted by Crippen LogP contribution is 2.21. The van der Waals surface area contributed by atoms with Crippen LogP contribution in [0.1, 0.15) is 6.42 Å². The smallest absolute Gasteiger partial charge is 0.0515 e. The van der Waals surface area contributed by atoms with Gasteiger partial charge < -0.3 is 15.8 Å². The van der Waals surface area contributed by atoms with E-state index in [0.717, 1.165) is 29.8 Å². The molecule has 0 radical (unpaired) electrons. The van der Waals surface area contributed by atoms with Crippen molar-refractivity contribution in [3.05, 3.63) is 28.7 Å². The van der Waals surface area contributed by atoms with Crippen molar-refractivity contribution in [3.63, 3.8) is 0 Å². The Kier molecular flexibility index (Phi) is 4.21. The second kappa shape index (κ2) is 5.66. The number of hydrogen-bond donors (Lipinski definition) is 2. The van der Waals surface area contributed by atoms with Gasteiger partial charge in [0.2, 0.25) is 0 Å². The minimum absolute atomic E-state index is 0.309. The summed E-state index contributed by atoms with van der Waals surface area (Å²) in [6.07, 6.45) is 1.10. The van der Waals surface area contributed by atoms with Gasteiger partial charge in [-0.3, -0.25) is 0 Å². The Morgan fingerprint density at radius 1 is 1.44 bits per heavy atom. The zero-order valence-corrected chi connectivity index (χ0v) is 10.7. The van der Waals surface area contributed by atoms with E-state index < -0.39 is 0 Å². The molecule has 2 unspecified atom stereocenters. The minimum atomic E-state index is 0.309. The van der Waals surface area contributed by atoms with Crippen LogP contribution in [0.4, 0.5) is 5.69 Å². The Balaban J connectivity index is 1.97. The summed E-state index contributed by atoms with van der Waals surface area (Å²) < 4.78 is 6.48. The van der Waals surface area contributed by atoms with Crippen LogP contribution in [0, 0.1) is 5.92 Å². The van der Waals surface area contributed by atoms with Crippen molar-refractivity contribution in [3.8, 4) is 0 Å². The third kappa shape index (κ3) is 2.97. The highest BCUT2D eigenvalue weighted by atomic mass is 79.9. The maximum Gasteiger partial charge on any atom is 0.0515 e. The second-order valence-corrected chi connectivity index (χ2v) is 5.03. The number of nitrogens with two attached hydrogens (primary N) is 1. The summed E-state index contributed by atoms with van der Waals surface area (Å²) in [5.74, 6) is 0.536. The molecule has 1 saturated heterocycles. The zero-order chi connectivity index (χ0) is 11.4. The maximum atomic E-state index is 5.80. The third-order valence-electron chi connectivity index (χ3n) is 2.98. The lowest BCUT2D eigenvalue weighted by atomic mass is 9.99. The molecule has 16 heavy (non-hydrogen) atoms. The van der Waals surface area contributed by atoms with Gasteiger partial charge in [0.1, 0.15) is 0 Å². The van der Waals surface area contributed by atoms with Gasteiger partial charge in [-0.05, 0) is 30.7 Å². The van der Waals surface area contributed by atoms with Gasteiger partial charge in [0.05, 0.1) is 6.61 Å². The van der Waals surface area contributed by atoms with Crippen LogP contribution in [-0.2, 0) is 4.74 Å². The molecule has 0 aliphatic carbocycles. The fraction of sp³-hybridized carbons (Fsp3) is 0.500. The molecule has 88 valence electrons. The third-order valence-corrected chi connectivity index (χ3v) is 3.51. The quantitative estimate of drug-likeness (QED) is 0.891. The largest absolute Gasteiger partial charge is 0.381 e. The van der Waals surface area contributed by atoms with Crippen molar-refractivity contribution in [1.29, 1.82) is 0 Å². The van der Waals surface area contributed by atoms with Gasteiger partial charge >= 0.3 is 0 Å². The Bertz CT molecular complexity index is 322. The Morgan fingerprint density at radius 2 is 2.19 bits per heavy atom. The molecule has 1 fully saturated rings. The molecule has 0 spiro atoms. The van der Waals surface area contributed by atoms with Crippen LogP contribution in [0.25, 0.3) is 0 Å². The molecule has 0 saturated carbocycles. The summed E-state index contributed by atoms with van der Waals surface area (Å²) in [6, 6.07) is 8.48. The van der Waals surface area contributed by atoms with Crippen LogP contribution in [0.15, 0.2) is 28.7 Å². The summed E-state index contributed by atoms with van der Waals surface area (Å²) in [5, 5.41) is 3.47. The summed E-state index contributed by atoms with van der Waals surface area (Å²) in [7, 11) is 0. The molecular formula is C12H17BrN2O. The van der Waals surface area contributed by atoms with Crippen molar-refractivity contribution < 1.29 is 4.74 Å². The molecule has 1 aliphatic heterocycles. The Hall–Kier alpha value is -0.580. The van der Waals surface area contributed by atoms with Crippen LogP contribution in [0.2, 0.25) is 0 Å². The van der Waals surface area contributed by atoms with Crippen molar-refractivity contribution in [2.75, 3.05) is 25.1 Å². The summed E-state index contributed by atoms with van der Waals surface area (Å²) in [4.78, 5) is 0. The van der Waals surface area contributed by atoms with E-state index in [0.29, 0.717) is 18.5 Å². The molecule has 1 aliphatic rings. The van der Waals surface area contributed by atoms with Crippen LogP contribution in [-0.4, -0.2) is 25.8 Å². The first-order valence-electron chi connectivity index (χ1n) is 5.59. The minimum Gasteiger partial charge on any atom is -0.381 e. The van der Waals surface area contributed by atoms with Gasteiger partial charge in [-0.1, -0.05) is 15.9 Å². The van der Waals surface area contributed by atoms with Gasteiger partial charge in [-0.15, -0.1) is 0 Å². The number of nitrogens with one attached hydrogen (secondary N) is 1. The van der Waals surface area contributed by atoms with Gasteiger partial charge in [0.15, 0.2) is 0 Å². The Morgan fingerprint density at radius 3 is 2.75 bits per heavy atom. The first-order chi connectivity index (χ1) is 7.79. The monoisotopic (exact) mass is 284 g/mol. The molecule has 1 aromatic carbocycles. The number of anilines is 1. The lowest BCUT2D eigenvalue weighted by molar-refractivity contribution is 0.182. The van der Waals surface area contributed by atoms with E-state index in [4.69, 9.17) is 10.5 Å².